The minimum atomic E-state index is -0.0483. The van der Waals surface area contributed by atoms with E-state index in [-0.39, 0.29) is 5.82 Å². The maximum Gasteiger partial charge on any atom is 0.127 e. The van der Waals surface area contributed by atoms with Crippen molar-refractivity contribution >= 4 is 0 Å². The zero-order valence-corrected chi connectivity index (χ0v) is 12.2. The largest absolute Gasteiger partial charge is 0.311 e. The van der Waals surface area contributed by atoms with Crippen LogP contribution in [0.5, 0.6) is 0 Å². The summed E-state index contributed by atoms with van der Waals surface area (Å²) in [5.74, 6) is -0.0483. The summed E-state index contributed by atoms with van der Waals surface area (Å²) < 4.78 is 13.8. The molecule has 4 rings (SSSR count). The van der Waals surface area contributed by atoms with Crippen LogP contribution in [0.4, 0.5) is 4.39 Å². The van der Waals surface area contributed by atoms with Crippen molar-refractivity contribution in [1.82, 2.24) is 10.2 Å². The van der Waals surface area contributed by atoms with E-state index >= 15 is 0 Å². The molecule has 1 spiro atoms. The summed E-state index contributed by atoms with van der Waals surface area (Å²) in [4.78, 5) is 2.39. The number of nitrogens with one attached hydrogen (secondary N) is 1. The number of likely N-dealkylation sites (tertiary alicyclic amines) is 1. The van der Waals surface area contributed by atoms with Gasteiger partial charge in [-0.3, -0.25) is 4.90 Å². The van der Waals surface area contributed by atoms with Crippen molar-refractivity contribution in [3.8, 4) is 0 Å². The van der Waals surface area contributed by atoms with Crippen molar-refractivity contribution in [2.24, 2.45) is 5.41 Å². The van der Waals surface area contributed by atoms with E-state index in [1.165, 1.54) is 25.7 Å². The standard InChI is InChI=1S/C17H23FN2/c1-12-2-3-13(16(18)6-12)9-20-10-17(11-20)7-15(8-17)19-14-4-5-14/h2-3,6,14-15,19H,4-5,7-11H2,1H3. The Bertz CT molecular complexity index is 510. The van der Waals surface area contributed by atoms with Gasteiger partial charge < -0.3 is 5.32 Å². The van der Waals surface area contributed by atoms with E-state index in [4.69, 9.17) is 0 Å². The Labute approximate surface area is 120 Å². The molecule has 2 aliphatic carbocycles. The summed E-state index contributed by atoms with van der Waals surface area (Å²) >= 11 is 0. The number of rotatable bonds is 4. The van der Waals surface area contributed by atoms with Crippen molar-refractivity contribution in [1.29, 1.82) is 0 Å². The van der Waals surface area contributed by atoms with Gasteiger partial charge in [-0.25, -0.2) is 4.39 Å². The van der Waals surface area contributed by atoms with Gasteiger partial charge in [0.25, 0.3) is 0 Å². The summed E-state index contributed by atoms with van der Waals surface area (Å²) in [7, 11) is 0. The molecule has 0 unspecified atom stereocenters. The first-order valence-corrected chi connectivity index (χ1v) is 7.85. The molecule has 0 aromatic heterocycles. The Hall–Kier alpha value is -0.930. The first-order valence-electron chi connectivity index (χ1n) is 7.85. The fourth-order valence-electron chi connectivity index (χ4n) is 3.98. The van der Waals surface area contributed by atoms with E-state index < -0.39 is 0 Å². The second-order valence-corrected chi connectivity index (χ2v) is 7.29. The Morgan fingerprint density at radius 1 is 1.25 bits per heavy atom. The lowest BCUT2D eigenvalue weighted by atomic mass is 9.60. The Morgan fingerprint density at radius 3 is 2.65 bits per heavy atom. The van der Waals surface area contributed by atoms with Gasteiger partial charge in [-0.2, -0.15) is 0 Å². The van der Waals surface area contributed by atoms with Crippen LogP contribution in [-0.4, -0.2) is 30.1 Å². The highest BCUT2D eigenvalue weighted by Crippen LogP contribution is 2.49. The van der Waals surface area contributed by atoms with Gasteiger partial charge in [0.2, 0.25) is 0 Å². The van der Waals surface area contributed by atoms with Crippen LogP contribution in [0.1, 0.15) is 36.8 Å². The first kappa shape index (κ1) is 12.8. The summed E-state index contributed by atoms with van der Waals surface area (Å²) in [6.45, 7) is 5.02. The lowest BCUT2D eigenvalue weighted by Crippen LogP contribution is -2.65. The minimum absolute atomic E-state index is 0.0483. The topological polar surface area (TPSA) is 15.3 Å². The van der Waals surface area contributed by atoms with Crippen LogP contribution in [0, 0.1) is 18.2 Å². The van der Waals surface area contributed by atoms with E-state index in [0.29, 0.717) is 5.41 Å². The van der Waals surface area contributed by atoms with E-state index in [2.05, 4.69) is 10.2 Å². The Morgan fingerprint density at radius 2 is 2.00 bits per heavy atom. The molecule has 1 saturated heterocycles. The molecule has 108 valence electrons. The highest BCUT2D eigenvalue weighted by atomic mass is 19.1. The van der Waals surface area contributed by atoms with E-state index in [9.17, 15) is 4.39 Å². The summed E-state index contributed by atoms with van der Waals surface area (Å²) in [6.07, 6.45) is 5.41. The molecule has 1 aromatic carbocycles. The molecule has 2 nitrogen and oxygen atoms in total. The average Bonchev–Trinajstić information content (AvgIpc) is 3.10. The second kappa shape index (κ2) is 4.54. The quantitative estimate of drug-likeness (QED) is 0.908. The molecule has 1 heterocycles. The molecule has 0 amide bonds. The summed E-state index contributed by atoms with van der Waals surface area (Å²) in [5, 5.41) is 3.72. The van der Waals surface area contributed by atoms with Gasteiger partial charge in [0.05, 0.1) is 0 Å². The van der Waals surface area contributed by atoms with Crippen LogP contribution in [-0.2, 0) is 6.54 Å². The van der Waals surface area contributed by atoms with Crippen molar-refractivity contribution in [3.05, 3.63) is 35.1 Å². The zero-order valence-electron chi connectivity index (χ0n) is 12.2. The SMILES string of the molecule is Cc1ccc(CN2CC3(CC(NC4CC4)C3)C2)c(F)c1. The maximum absolute atomic E-state index is 13.8. The summed E-state index contributed by atoms with van der Waals surface area (Å²) in [6, 6.07) is 7.18. The van der Waals surface area contributed by atoms with Crippen LogP contribution in [0.15, 0.2) is 18.2 Å². The molecule has 3 heteroatoms. The predicted octanol–water partition coefficient (Wildman–Crippen LogP) is 2.85. The molecular weight excluding hydrogens is 251 g/mol. The predicted molar refractivity (Wildman–Crippen MR) is 78.0 cm³/mol. The molecule has 2 saturated carbocycles. The van der Waals surface area contributed by atoms with E-state index in [1.54, 1.807) is 6.07 Å². The number of aryl methyl sites for hydroxylation is 1. The lowest BCUT2D eigenvalue weighted by Gasteiger charge is -2.59. The van der Waals surface area contributed by atoms with Gasteiger partial charge in [0, 0.05) is 37.3 Å². The number of hydrogen-bond donors (Lipinski definition) is 1. The van der Waals surface area contributed by atoms with E-state index in [0.717, 1.165) is 42.8 Å². The third-order valence-electron chi connectivity index (χ3n) is 5.13. The first-order chi connectivity index (χ1) is 9.62. The molecule has 0 atom stereocenters. The van der Waals surface area contributed by atoms with Crippen LogP contribution >= 0.6 is 0 Å². The third kappa shape index (κ3) is 2.38. The van der Waals surface area contributed by atoms with Gasteiger partial charge in [-0.05, 0) is 49.7 Å². The minimum Gasteiger partial charge on any atom is -0.311 e. The molecule has 0 radical (unpaired) electrons. The van der Waals surface area contributed by atoms with Gasteiger partial charge in [-0.15, -0.1) is 0 Å². The molecule has 1 aliphatic heterocycles. The zero-order chi connectivity index (χ0) is 13.7. The Kier molecular flexibility index (Phi) is 2.90. The molecule has 0 bridgehead atoms. The lowest BCUT2D eigenvalue weighted by molar-refractivity contribution is -0.0836. The van der Waals surface area contributed by atoms with Gasteiger partial charge in [-0.1, -0.05) is 12.1 Å². The fourth-order valence-corrected chi connectivity index (χ4v) is 3.98. The van der Waals surface area contributed by atoms with Crippen LogP contribution in [0.2, 0.25) is 0 Å². The highest BCUT2D eigenvalue weighted by molar-refractivity contribution is 5.24. The number of benzene rings is 1. The van der Waals surface area contributed by atoms with Gasteiger partial charge in [0.1, 0.15) is 5.82 Å². The van der Waals surface area contributed by atoms with Crippen molar-refractivity contribution in [3.63, 3.8) is 0 Å². The monoisotopic (exact) mass is 274 g/mol. The van der Waals surface area contributed by atoms with Crippen LogP contribution < -0.4 is 5.32 Å². The molecule has 1 aromatic rings. The number of halogens is 1. The third-order valence-corrected chi connectivity index (χ3v) is 5.13. The maximum atomic E-state index is 13.8. The fraction of sp³-hybridized carbons (Fsp3) is 0.647. The Balaban J connectivity index is 1.27. The molecule has 3 fully saturated rings. The van der Waals surface area contributed by atoms with Crippen LogP contribution in [0.3, 0.4) is 0 Å². The van der Waals surface area contributed by atoms with Crippen molar-refractivity contribution < 1.29 is 4.39 Å². The van der Waals surface area contributed by atoms with Crippen LogP contribution in [0.25, 0.3) is 0 Å². The normalized spacial score (nSPS) is 25.5. The van der Waals surface area contributed by atoms with Crippen molar-refractivity contribution in [2.75, 3.05) is 13.1 Å². The molecule has 3 aliphatic rings. The number of hydrogen-bond acceptors (Lipinski definition) is 2. The molecule has 1 N–H and O–H groups in total. The smallest absolute Gasteiger partial charge is 0.127 e. The van der Waals surface area contributed by atoms with Gasteiger partial charge in [0.15, 0.2) is 0 Å². The summed E-state index contributed by atoms with van der Waals surface area (Å²) in [5.41, 5.74) is 2.41. The molecule has 20 heavy (non-hydrogen) atoms. The van der Waals surface area contributed by atoms with Crippen molar-refractivity contribution in [2.45, 2.75) is 51.2 Å². The average molecular weight is 274 g/mol. The van der Waals surface area contributed by atoms with E-state index in [1.807, 2.05) is 19.1 Å². The highest BCUT2D eigenvalue weighted by Gasteiger charge is 2.52. The molecular formula is C17H23FN2. The van der Waals surface area contributed by atoms with Gasteiger partial charge >= 0.3 is 0 Å². The number of nitrogens with zero attached hydrogens (tertiary/aromatic N) is 1. The second-order valence-electron chi connectivity index (χ2n) is 7.29.